The highest BCUT2D eigenvalue weighted by molar-refractivity contribution is 5.78. The van der Waals surface area contributed by atoms with Gasteiger partial charge in [0.25, 0.3) is 0 Å². The predicted molar refractivity (Wildman–Crippen MR) is 58.5 cm³/mol. The lowest BCUT2D eigenvalue weighted by atomic mass is 9.90. The van der Waals surface area contributed by atoms with Gasteiger partial charge in [0.2, 0.25) is 5.91 Å². The number of hydrogen-bond donors (Lipinski definition) is 2. The molecule has 0 radical (unpaired) electrons. The summed E-state index contributed by atoms with van der Waals surface area (Å²) in [6, 6.07) is 0. The summed E-state index contributed by atoms with van der Waals surface area (Å²) in [5.74, 6) is -1.00. The fourth-order valence-electron chi connectivity index (χ4n) is 0.939. The Balaban J connectivity index is 4.07. The Labute approximate surface area is 91.1 Å². The Hall–Kier alpha value is -1.06. The van der Waals surface area contributed by atoms with Gasteiger partial charge in [0, 0.05) is 13.0 Å². The average Bonchev–Trinajstić information content (AvgIpc) is 1.97. The van der Waals surface area contributed by atoms with Crippen molar-refractivity contribution in [3.05, 3.63) is 0 Å². The zero-order chi connectivity index (χ0) is 12.3. The maximum absolute atomic E-state index is 11.4. The maximum atomic E-state index is 11.4. The minimum absolute atomic E-state index is 0.0720. The van der Waals surface area contributed by atoms with Crippen molar-refractivity contribution in [2.75, 3.05) is 6.54 Å². The van der Waals surface area contributed by atoms with Gasteiger partial charge in [-0.3, -0.25) is 9.59 Å². The Morgan fingerprint density at radius 1 is 1.13 bits per heavy atom. The first-order chi connectivity index (χ1) is 6.54. The smallest absolute Gasteiger partial charge is 0.310 e. The SMILES string of the molecule is CC(C)(C)CC(=O)NCC(C)(C)C(=O)O. The van der Waals surface area contributed by atoms with Gasteiger partial charge < -0.3 is 10.4 Å². The van der Waals surface area contributed by atoms with Crippen molar-refractivity contribution in [3.63, 3.8) is 0 Å². The summed E-state index contributed by atoms with van der Waals surface area (Å²) in [5, 5.41) is 11.5. The Bertz CT molecular complexity index is 251. The van der Waals surface area contributed by atoms with Crippen molar-refractivity contribution in [1.82, 2.24) is 5.32 Å². The van der Waals surface area contributed by atoms with E-state index in [2.05, 4.69) is 5.32 Å². The zero-order valence-electron chi connectivity index (χ0n) is 10.2. The topological polar surface area (TPSA) is 66.4 Å². The highest BCUT2D eigenvalue weighted by atomic mass is 16.4. The molecular formula is C11H21NO3. The van der Waals surface area contributed by atoms with Crippen molar-refractivity contribution in [3.8, 4) is 0 Å². The molecule has 0 aliphatic rings. The van der Waals surface area contributed by atoms with Crippen molar-refractivity contribution >= 4 is 11.9 Å². The zero-order valence-corrected chi connectivity index (χ0v) is 10.2. The lowest BCUT2D eigenvalue weighted by molar-refractivity contribution is -0.146. The molecule has 0 aromatic heterocycles. The first-order valence-electron chi connectivity index (χ1n) is 5.05. The summed E-state index contributed by atoms with van der Waals surface area (Å²) in [7, 11) is 0. The molecule has 0 aliphatic heterocycles. The highest BCUT2D eigenvalue weighted by Crippen LogP contribution is 2.18. The number of carbonyl (C=O) groups excluding carboxylic acids is 1. The Morgan fingerprint density at radius 3 is 1.93 bits per heavy atom. The number of carboxylic acid groups (broad SMARTS) is 1. The third-order valence-corrected chi connectivity index (χ3v) is 2.00. The van der Waals surface area contributed by atoms with Crippen LogP contribution >= 0.6 is 0 Å². The average molecular weight is 215 g/mol. The standard InChI is InChI=1S/C11H21NO3/c1-10(2,3)6-8(13)12-7-11(4,5)9(14)15/h6-7H2,1-5H3,(H,12,13)(H,14,15). The van der Waals surface area contributed by atoms with Crippen LogP contribution < -0.4 is 5.32 Å². The normalized spacial score (nSPS) is 12.3. The van der Waals surface area contributed by atoms with Crippen LogP contribution in [-0.2, 0) is 9.59 Å². The monoisotopic (exact) mass is 215 g/mol. The molecule has 0 aromatic rings. The lowest BCUT2D eigenvalue weighted by Gasteiger charge is -2.22. The van der Waals surface area contributed by atoms with E-state index in [1.54, 1.807) is 13.8 Å². The van der Waals surface area contributed by atoms with Gasteiger partial charge in [-0.1, -0.05) is 20.8 Å². The summed E-state index contributed by atoms with van der Waals surface area (Å²) in [4.78, 5) is 22.2. The molecule has 4 nitrogen and oxygen atoms in total. The van der Waals surface area contributed by atoms with Crippen LogP contribution in [0.3, 0.4) is 0 Å². The second-order valence-corrected chi connectivity index (χ2v) is 5.70. The summed E-state index contributed by atoms with van der Waals surface area (Å²) >= 11 is 0. The van der Waals surface area contributed by atoms with Gasteiger partial charge in [-0.2, -0.15) is 0 Å². The van der Waals surface area contributed by atoms with E-state index >= 15 is 0 Å². The van der Waals surface area contributed by atoms with E-state index in [0.717, 1.165) is 0 Å². The molecule has 0 atom stereocenters. The summed E-state index contributed by atoms with van der Waals surface area (Å²) < 4.78 is 0. The lowest BCUT2D eigenvalue weighted by Crippen LogP contribution is -2.39. The molecule has 0 saturated heterocycles. The van der Waals surface area contributed by atoms with E-state index in [-0.39, 0.29) is 17.9 Å². The molecular weight excluding hydrogens is 194 g/mol. The van der Waals surface area contributed by atoms with E-state index in [1.165, 1.54) is 0 Å². The fourth-order valence-corrected chi connectivity index (χ4v) is 0.939. The van der Waals surface area contributed by atoms with Crippen molar-refractivity contribution in [2.24, 2.45) is 10.8 Å². The highest BCUT2D eigenvalue weighted by Gasteiger charge is 2.28. The predicted octanol–water partition coefficient (Wildman–Crippen LogP) is 1.65. The Morgan fingerprint density at radius 2 is 1.60 bits per heavy atom. The van der Waals surface area contributed by atoms with Gasteiger partial charge in [-0.25, -0.2) is 0 Å². The molecule has 0 aromatic carbocycles. The summed E-state index contributed by atoms with van der Waals surface area (Å²) in [6.07, 6.45) is 0.405. The second-order valence-electron chi connectivity index (χ2n) is 5.70. The molecule has 4 heteroatoms. The minimum atomic E-state index is -0.909. The van der Waals surface area contributed by atoms with Crippen LogP contribution in [0.5, 0.6) is 0 Å². The molecule has 2 N–H and O–H groups in total. The molecule has 88 valence electrons. The van der Waals surface area contributed by atoms with Gasteiger partial charge in [-0.15, -0.1) is 0 Å². The fraction of sp³-hybridized carbons (Fsp3) is 0.818. The first kappa shape index (κ1) is 13.9. The van der Waals surface area contributed by atoms with Gasteiger partial charge >= 0.3 is 5.97 Å². The Kier molecular flexibility index (Phi) is 4.31. The third kappa shape index (κ3) is 6.10. The van der Waals surface area contributed by atoms with Crippen LogP contribution in [0.1, 0.15) is 41.0 Å². The summed E-state index contributed by atoms with van der Waals surface area (Å²) in [6.45, 7) is 9.25. The van der Waals surface area contributed by atoms with E-state index in [0.29, 0.717) is 6.42 Å². The van der Waals surface area contributed by atoms with Crippen LogP contribution in [0.25, 0.3) is 0 Å². The van der Waals surface area contributed by atoms with Gasteiger partial charge in [-0.05, 0) is 19.3 Å². The second kappa shape index (κ2) is 4.64. The van der Waals surface area contributed by atoms with Gasteiger partial charge in [0.05, 0.1) is 5.41 Å². The minimum Gasteiger partial charge on any atom is -0.481 e. The van der Waals surface area contributed by atoms with E-state index in [1.807, 2.05) is 20.8 Å². The molecule has 0 fully saturated rings. The number of hydrogen-bond acceptors (Lipinski definition) is 2. The summed E-state index contributed by atoms with van der Waals surface area (Å²) in [5.41, 5.74) is -0.981. The molecule has 0 aliphatic carbocycles. The molecule has 0 saturated carbocycles. The van der Waals surface area contributed by atoms with Gasteiger partial charge in [0.15, 0.2) is 0 Å². The largest absolute Gasteiger partial charge is 0.481 e. The number of carbonyl (C=O) groups is 2. The van der Waals surface area contributed by atoms with Crippen LogP contribution in [0.15, 0.2) is 0 Å². The molecule has 0 rings (SSSR count). The van der Waals surface area contributed by atoms with Crippen molar-refractivity contribution in [2.45, 2.75) is 41.0 Å². The van der Waals surface area contributed by atoms with E-state index < -0.39 is 11.4 Å². The van der Waals surface area contributed by atoms with Crippen LogP contribution in [0.4, 0.5) is 0 Å². The molecule has 15 heavy (non-hydrogen) atoms. The molecule has 1 amide bonds. The number of rotatable bonds is 4. The first-order valence-corrected chi connectivity index (χ1v) is 5.05. The van der Waals surface area contributed by atoms with E-state index in [4.69, 9.17) is 5.11 Å². The number of carboxylic acids is 1. The van der Waals surface area contributed by atoms with Crippen LogP contribution in [0, 0.1) is 10.8 Å². The molecule has 0 heterocycles. The van der Waals surface area contributed by atoms with E-state index in [9.17, 15) is 9.59 Å². The van der Waals surface area contributed by atoms with Crippen molar-refractivity contribution < 1.29 is 14.7 Å². The van der Waals surface area contributed by atoms with Crippen LogP contribution in [0.2, 0.25) is 0 Å². The van der Waals surface area contributed by atoms with Gasteiger partial charge in [0.1, 0.15) is 0 Å². The molecule has 0 spiro atoms. The number of aliphatic carboxylic acids is 1. The van der Waals surface area contributed by atoms with Crippen LogP contribution in [-0.4, -0.2) is 23.5 Å². The quantitative estimate of drug-likeness (QED) is 0.749. The maximum Gasteiger partial charge on any atom is 0.310 e. The molecule has 0 bridgehead atoms. The number of nitrogens with one attached hydrogen (secondary N) is 1. The number of amides is 1. The molecule has 0 unspecified atom stereocenters. The van der Waals surface area contributed by atoms with Crippen molar-refractivity contribution in [1.29, 1.82) is 0 Å². The third-order valence-electron chi connectivity index (χ3n) is 2.00.